The van der Waals surface area contributed by atoms with Gasteiger partial charge in [0.25, 0.3) is 0 Å². The van der Waals surface area contributed by atoms with Crippen molar-refractivity contribution in [1.29, 1.82) is 0 Å². The minimum atomic E-state index is -1.57. The van der Waals surface area contributed by atoms with Crippen LogP contribution in [0.1, 0.15) is 354 Å². The number of allylic oxidation sites excluding steroid dienone is 7. The Morgan fingerprint density at radius 3 is 1.06 bits per heavy atom. The summed E-state index contributed by atoms with van der Waals surface area (Å²) in [6.07, 6.45) is 77.9. The zero-order chi connectivity index (χ0) is 59.3. The number of nitrogens with one attached hydrogen (secondary N) is 1. The van der Waals surface area contributed by atoms with E-state index >= 15 is 0 Å². The molecule has 0 radical (unpaired) electrons. The van der Waals surface area contributed by atoms with Crippen molar-refractivity contribution in [3.05, 3.63) is 48.6 Å². The molecule has 1 aliphatic rings. The Labute approximate surface area is 507 Å². The summed E-state index contributed by atoms with van der Waals surface area (Å²) in [6.45, 7) is 3.81. The summed E-state index contributed by atoms with van der Waals surface area (Å²) in [5.41, 5.74) is 0. The van der Waals surface area contributed by atoms with Gasteiger partial charge in [-0.25, -0.2) is 0 Å². The highest BCUT2D eigenvalue weighted by Crippen LogP contribution is 2.23. The lowest BCUT2D eigenvalue weighted by Gasteiger charge is -2.40. The molecule has 0 aromatic heterocycles. The van der Waals surface area contributed by atoms with Crippen molar-refractivity contribution in [3.8, 4) is 0 Å². The monoisotopic (exact) mass is 1160 g/mol. The predicted molar refractivity (Wildman–Crippen MR) is 350 cm³/mol. The summed E-state index contributed by atoms with van der Waals surface area (Å²) >= 11 is 0. The molecular weight excluding hydrogens is 1020 g/mol. The lowest BCUT2D eigenvalue weighted by Crippen LogP contribution is -2.60. The van der Waals surface area contributed by atoms with E-state index in [1.54, 1.807) is 6.08 Å². The Kier molecular flexibility index (Phi) is 59.3. The van der Waals surface area contributed by atoms with Gasteiger partial charge in [0.2, 0.25) is 5.91 Å². The van der Waals surface area contributed by atoms with Crippen molar-refractivity contribution in [2.75, 3.05) is 13.2 Å². The Morgan fingerprint density at radius 1 is 0.415 bits per heavy atom. The van der Waals surface area contributed by atoms with Crippen molar-refractivity contribution >= 4 is 5.91 Å². The average Bonchev–Trinajstić information content (AvgIpc) is 3.53. The van der Waals surface area contributed by atoms with Gasteiger partial charge in [-0.15, -0.1) is 0 Å². The minimum absolute atomic E-state index is 0.175. The van der Waals surface area contributed by atoms with Gasteiger partial charge in [0.1, 0.15) is 24.4 Å². The first-order chi connectivity index (χ1) is 40.3. The van der Waals surface area contributed by atoms with Crippen LogP contribution >= 0.6 is 0 Å². The summed E-state index contributed by atoms with van der Waals surface area (Å²) in [4.78, 5) is 13.1. The third kappa shape index (κ3) is 50.3. The van der Waals surface area contributed by atoms with Crippen LogP contribution in [0.4, 0.5) is 0 Å². The molecule has 7 atom stereocenters. The van der Waals surface area contributed by atoms with Crippen molar-refractivity contribution in [3.63, 3.8) is 0 Å². The second-order valence-corrected chi connectivity index (χ2v) is 25.0. The topological polar surface area (TPSA) is 149 Å². The molecule has 6 N–H and O–H groups in total. The van der Waals surface area contributed by atoms with Crippen molar-refractivity contribution in [2.45, 2.75) is 397 Å². The average molecular weight is 1160 g/mol. The Bertz CT molecular complexity index is 1430. The molecule has 1 fully saturated rings. The normalized spacial score (nSPS) is 18.5. The van der Waals surface area contributed by atoms with E-state index in [1.807, 2.05) is 6.08 Å². The smallest absolute Gasteiger partial charge is 0.220 e. The molecule has 0 aliphatic carbocycles. The molecule has 1 rings (SSSR count). The van der Waals surface area contributed by atoms with E-state index in [1.165, 1.54) is 283 Å². The first kappa shape index (κ1) is 78.2. The first-order valence-electron chi connectivity index (χ1n) is 35.9. The van der Waals surface area contributed by atoms with E-state index in [9.17, 15) is 30.3 Å². The van der Waals surface area contributed by atoms with E-state index < -0.39 is 49.5 Å². The van der Waals surface area contributed by atoms with E-state index in [-0.39, 0.29) is 12.5 Å². The van der Waals surface area contributed by atoms with E-state index in [0.29, 0.717) is 6.42 Å². The molecule has 1 saturated heterocycles. The number of carbonyl (C=O) groups excluding carboxylic acids is 1. The van der Waals surface area contributed by atoms with Gasteiger partial charge in [0.05, 0.1) is 25.4 Å². The molecule has 7 unspecified atom stereocenters. The molecule has 1 heterocycles. The lowest BCUT2D eigenvalue weighted by molar-refractivity contribution is -0.302. The summed E-state index contributed by atoms with van der Waals surface area (Å²) in [5.74, 6) is -0.175. The molecular formula is C73H137NO8. The molecule has 9 nitrogen and oxygen atoms in total. The highest BCUT2D eigenvalue weighted by atomic mass is 16.7. The molecule has 9 heteroatoms. The van der Waals surface area contributed by atoms with Gasteiger partial charge >= 0.3 is 0 Å². The maximum Gasteiger partial charge on any atom is 0.220 e. The summed E-state index contributed by atoms with van der Waals surface area (Å²) < 4.78 is 11.3. The number of aliphatic hydroxyl groups is 5. The number of rotatable bonds is 63. The molecule has 0 aromatic carbocycles. The first-order valence-corrected chi connectivity index (χ1v) is 35.9. The zero-order valence-electron chi connectivity index (χ0n) is 54.0. The van der Waals surface area contributed by atoms with Crippen LogP contribution < -0.4 is 5.32 Å². The van der Waals surface area contributed by atoms with Crippen LogP contribution in [0, 0.1) is 0 Å². The van der Waals surface area contributed by atoms with Crippen molar-refractivity contribution in [1.82, 2.24) is 5.32 Å². The van der Waals surface area contributed by atoms with Crippen LogP contribution in [0.15, 0.2) is 48.6 Å². The highest BCUT2D eigenvalue weighted by molar-refractivity contribution is 5.76. The lowest BCUT2D eigenvalue weighted by atomic mass is 9.99. The standard InChI is InChI=1S/C73H137NO8/c1-3-5-7-9-11-13-15-17-19-21-23-25-27-29-31-32-33-34-35-37-38-40-42-44-46-48-50-52-54-56-58-60-62-67(76)66(65-81-73-72(80)71(79)70(78)68(64-75)82-73)74-69(77)63-61-59-57-55-53-51-49-47-45-43-41-39-36-30-28-26-24-22-20-18-16-14-12-10-8-6-4-2/h16,18,22,24,28,30,60,62,66-68,70-73,75-76,78-80H,3-15,17,19-21,23,25-27,29,31-59,61,63-65H2,1-2H3,(H,74,77)/b18-16-,24-22-,30-28-,62-60+. The van der Waals surface area contributed by atoms with Gasteiger partial charge in [0.15, 0.2) is 6.29 Å². The third-order valence-electron chi connectivity index (χ3n) is 17.1. The number of aliphatic hydroxyl groups excluding tert-OH is 5. The molecule has 82 heavy (non-hydrogen) atoms. The second-order valence-electron chi connectivity index (χ2n) is 25.0. The van der Waals surface area contributed by atoms with Gasteiger partial charge in [0, 0.05) is 6.42 Å². The van der Waals surface area contributed by atoms with Crippen LogP contribution in [0.3, 0.4) is 0 Å². The Hall–Kier alpha value is -1.85. The van der Waals surface area contributed by atoms with Gasteiger partial charge in [-0.05, 0) is 57.8 Å². The van der Waals surface area contributed by atoms with Gasteiger partial charge in [-0.2, -0.15) is 0 Å². The summed E-state index contributed by atoms with van der Waals surface area (Å²) in [6, 6.07) is -0.809. The van der Waals surface area contributed by atoms with Crippen LogP contribution in [0.5, 0.6) is 0 Å². The van der Waals surface area contributed by atoms with Crippen molar-refractivity contribution in [2.24, 2.45) is 0 Å². The van der Waals surface area contributed by atoms with Crippen LogP contribution in [-0.4, -0.2) is 87.5 Å². The fourth-order valence-corrected chi connectivity index (χ4v) is 11.5. The molecule has 1 amide bonds. The Morgan fingerprint density at radius 2 is 0.720 bits per heavy atom. The van der Waals surface area contributed by atoms with E-state index in [4.69, 9.17) is 9.47 Å². The van der Waals surface area contributed by atoms with Crippen LogP contribution in [0.2, 0.25) is 0 Å². The molecule has 1 aliphatic heterocycles. The molecule has 0 bridgehead atoms. The number of hydrogen-bond donors (Lipinski definition) is 6. The number of ether oxygens (including phenoxy) is 2. The molecule has 0 aromatic rings. The van der Waals surface area contributed by atoms with Gasteiger partial charge in [-0.1, -0.05) is 339 Å². The van der Waals surface area contributed by atoms with Crippen molar-refractivity contribution < 1.29 is 39.8 Å². The van der Waals surface area contributed by atoms with Gasteiger partial charge in [-0.3, -0.25) is 4.79 Å². The quantitative estimate of drug-likeness (QED) is 0.0261. The Balaban J connectivity index is 2.13. The maximum absolute atomic E-state index is 13.1. The SMILES string of the molecule is CCCCCCC/C=C\C/C=C\C/C=C\CCCCCCCCCCCCCCC(=O)NC(COC1OC(CO)C(O)C(O)C1O)C(O)/C=C/CCCCCCCCCCCCCCCCCCCCCCCCCCCCCCCC. The van der Waals surface area contributed by atoms with Crippen LogP contribution in [0.25, 0.3) is 0 Å². The fraction of sp³-hybridized carbons (Fsp3) is 0.877. The fourth-order valence-electron chi connectivity index (χ4n) is 11.5. The minimum Gasteiger partial charge on any atom is -0.394 e. The van der Waals surface area contributed by atoms with Gasteiger partial charge < -0.3 is 40.3 Å². The predicted octanol–water partition coefficient (Wildman–Crippen LogP) is 19.6. The highest BCUT2D eigenvalue weighted by Gasteiger charge is 2.44. The number of hydrogen-bond acceptors (Lipinski definition) is 8. The largest absolute Gasteiger partial charge is 0.394 e. The summed E-state index contributed by atoms with van der Waals surface area (Å²) in [7, 11) is 0. The zero-order valence-corrected chi connectivity index (χ0v) is 54.0. The summed E-state index contributed by atoms with van der Waals surface area (Å²) in [5, 5.41) is 54.8. The van der Waals surface area contributed by atoms with E-state index in [0.717, 1.165) is 51.4 Å². The van der Waals surface area contributed by atoms with Crippen LogP contribution in [-0.2, 0) is 14.3 Å². The number of unbranched alkanes of at least 4 members (excludes halogenated alkanes) is 47. The number of carbonyl (C=O) groups is 1. The third-order valence-corrected chi connectivity index (χ3v) is 17.1. The maximum atomic E-state index is 13.1. The molecule has 0 saturated carbocycles. The second kappa shape index (κ2) is 62.2. The number of amides is 1. The molecule has 482 valence electrons. The molecule has 0 spiro atoms. The van der Waals surface area contributed by atoms with E-state index in [2.05, 4.69) is 55.6 Å².